The molecule has 0 aromatic carbocycles. The van der Waals surface area contributed by atoms with Gasteiger partial charge in [-0.15, -0.1) is 0 Å². The van der Waals surface area contributed by atoms with Crippen LogP contribution in [0.25, 0.3) is 0 Å². The molecule has 1 saturated heterocycles. The largest absolute Gasteiger partial charge is 0.388 e. The Morgan fingerprint density at radius 1 is 1.33 bits per heavy atom. The van der Waals surface area contributed by atoms with E-state index in [0.717, 1.165) is 13.1 Å². The van der Waals surface area contributed by atoms with E-state index in [1.807, 2.05) is 0 Å². The molecule has 2 heterocycles. The molecule has 8 heteroatoms. The lowest BCUT2D eigenvalue weighted by atomic mass is 10.3. The van der Waals surface area contributed by atoms with Crippen LogP contribution in [0.3, 0.4) is 0 Å². The van der Waals surface area contributed by atoms with Crippen LogP contribution in [-0.2, 0) is 10.0 Å². The second-order valence-electron chi connectivity index (χ2n) is 5.25. The average Bonchev–Trinajstić information content (AvgIpc) is 2.47. The summed E-state index contributed by atoms with van der Waals surface area (Å²) in [7, 11) is -3.61. The number of hydrogen-bond donors (Lipinski definition) is 1. The van der Waals surface area contributed by atoms with E-state index >= 15 is 0 Å². The zero-order valence-corrected chi connectivity index (χ0v) is 13.8. The van der Waals surface area contributed by atoms with Crippen LogP contribution in [0.1, 0.15) is 19.5 Å². The predicted molar refractivity (Wildman–Crippen MR) is 85.6 cm³/mol. The molecule has 0 saturated carbocycles. The fourth-order valence-electron chi connectivity index (χ4n) is 2.38. The first-order valence-corrected chi connectivity index (χ1v) is 8.68. The van der Waals surface area contributed by atoms with E-state index in [4.69, 9.17) is 18.0 Å². The highest BCUT2D eigenvalue weighted by molar-refractivity contribution is 7.89. The van der Waals surface area contributed by atoms with Crippen LogP contribution in [-0.4, -0.2) is 59.8 Å². The highest BCUT2D eigenvalue weighted by Gasteiger charge is 2.31. The predicted octanol–water partition coefficient (Wildman–Crippen LogP) is 0.431. The Morgan fingerprint density at radius 3 is 2.48 bits per heavy atom. The molecule has 6 nitrogen and oxygen atoms in total. The van der Waals surface area contributed by atoms with Crippen LogP contribution in [0.15, 0.2) is 23.2 Å². The van der Waals surface area contributed by atoms with Crippen molar-refractivity contribution >= 4 is 27.2 Å². The fraction of sp³-hybridized carbons (Fsp3) is 0.538. The van der Waals surface area contributed by atoms with E-state index in [0.29, 0.717) is 19.1 Å². The SMILES string of the molecule is CC(C)N1CCN(S(=O)(=O)c2cccnc2C(N)=S)CC1. The van der Waals surface area contributed by atoms with Crippen LogP contribution in [0.2, 0.25) is 0 Å². The van der Waals surface area contributed by atoms with Gasteiger partial charge in [0.2, 0.25) is 10.0 Å². The monoisotopic (exact) mass is 328 g/mol. The first-order valence-electron chi connectivity index (χ1n) is 6.83. The zero-order valence-electron chi connectivity index (χ0n) is 12.2. The molecule has 1 fully saturated rings. The lowest BCUT2D eigenvalue weighted by Gasteiger charge is -2.36. The van der Waals surface area contributed by atoms with Gasteiger partial charge in [-0.25, -0.2) is 8.42 Å². The molecule has 1 aromatic rings. The molecule has 1 aromatic heterocycles. The summed E-state index contributed by atoms with van der Waals surface area (Å²) in [5.74, 6) is 0. The molecular formula is C13H20N4O2S2. The summed E-state index contributed by atoms with van der Waals surface area (Å²) in [4.78, 5) is 6.34. The van der Waals surface area contributed by atoms with E-state index in [2.05, 4.69) is 23.7 Å². The number of hydrogen-bond acceptors (Lipinski definition) is 5. The minimum absolute atomic E-state index is 0.00464. The molecule has 0 unspecified atom stereocenters. The number of sulfonamides is 1. The highest BCUT2D eigenvalue weighted by Crippen LogP contribution is 2.20. The minimum Gasteiger partial charge on any atom is -0.388 e. The topological polar surface area (TPSA) is 79.5 Å². The fourth-order valence-corrected chi connectivity index (χ4v) is 4.19. The Morgan fingerprint density at radius 2 is 1.95 bits per heavy atom. The maximum Gasteiger partial charge on any atom is 0.245 e. The van der Waals surface area contributed by atoms with Gasteiger partial charge in [0, 0.05) is 38.4 Å². The summed E-state index contributed by atoms with van der Waals surface area (Å²) >= 11 is 4.90. The number of nitrogens with zero attached hydrogens (tertiary/aromatic N) is 3. The van der Waals surface area contributed by atoms with Gasteiger partial charge in [-0.1, -0.05) is 12.2 Å². The number of nitrogens with two attached hydrogens (primary N) is 1. The Balaban J connectivity index is 2.26. The molecule has 0 aliphatic carbocycles. The summed E-state index contributed by atoms with van der Waals surface area (Å²) in [5, 5.41) is 0. The molecule has 0 bridgehead atoms. The maximum absolute atomic E-state index is 12.7. The van der Waals surface area contributed by atoms with E-state index in [1.165, 1.54) is 16.6 Å². The van der Waals surface area contributed by atoms with Crippen molar-refractivity contribution in [1.82, 2.24) is 14.2 Å². The minimum atomic E-state index is -3.61. The van der Waals surface area contributed by atoms with E-state index < -0.39 is 10.0 Å². The number of rotatable bonds is 4. The van der Waals surface area contributed by atoms with Gasteiger partial charge in [0.05, 0.1) is 0 Å². The summed E-state index contributed by atoms with van der Waals surface area (Å²) in [6.45, 7) is 6.59. The molecule has 0 atom stereocenters. The molecule has 1 aliphatic heterocycles. The molecule has 2 N–H and O–H groups in total. The first kappa shape index (κ1) is 16.3. The summed E-state index contributed by atoms with van der Waals surface area (Å²) in [6.07, 6.45) is 1.49. The van der Waals surface area contributed by atoms with Gasteiger partial charge >= 0.3 is 0 Å². The quantitative estimate of drug-likeness (QED) is 0.808. The lowest BCUT2D eigenvalue weighted by molar-refractivity contribution is 0.154. The third-order valence-corrected chi connectivity index (χ3v) is 5.75. The van der Waals surface area contributed by atoms with Crippen molar-refractivity contribution in [2.45, 2.75) is 24.8 Å². The summed E-state index contributed by atoms with van der Waals surface area (Å²) in [5.41, 5.74) is 5.75. The van der Waals surface area contributed by atoms with Gasteiger partial charge in [-0.3, -0.25) is 9.88 Å². The Kier molecular flexibility index (Phi) is 4.92. The molecule has 116 valence electrons. The van der Waals surface area contributed by atoms with Crippen LogP contribution in [0.5, 0.6) is 0 Å². The third-order valence-electron chi connectivity index (χ3n) is 3.63. The summed E-state index contributed by atoms with van der Waals surface area (Å²) in [6, 6.07) is 3.51. The van der Waals surface area contributed by atoms with Crippen molar-refractivity contribution in [2.24, 2.45) is 5.73 Å². The zero-order chi connectivity index (χ0) is 15.6. The van der Waals surface area contributed by atoms with Crippen LogP contribution >= 0.6 is 12.2 Å². The van der Waals surface area contributed by atoms with Gasteiger partial charge in [0.25, 0.3) is 0 Å². The third kappa shape index (κ3) is 3.39. The molecular weight excluding hydrogens is 308 g/mol. The second-order valence-corrected chi connectivity index (χ2v) is 7.59. The van der Waals surface area contributed by atoms with Crippen LogP contribution < -0.4 is 5.73 Å². The Hall–Kier alpha value is -1.09. The molecule has 0 amide bonds. The Labute approximate surface area is 131 Å². The highest BCUT2D eigenvalue weighted by atomic mass is 32.2. The van der Waals surface area contributed by atoms with Crippen molar-refractivity contribution in [3.05, 3.63) is 24.0 Å². The molecule has 2 rings (SSSR count). The maximum atomic E-state index is 12.7. The van der Waals surface area contributed by atoms with E-state index in [-0.39, 0.29) is 15.6 Å². The standard InChI is InChI=1S/C13H20N4O2S2/c1-10(2)16-6-8-17(9-7-16)21(18,19)11-4-3-5-15-12(11)13(14)20/h3-5,10H,6-9H2,1-2H3,(H2,14,20). The smallest absolute Gasteiger partial charge is 0.245 e. The number of aromatic nitrogens is 1. The van der Waals surface area contributed by atoms with Crippen molar-refractivity contribution < 1.29 is 8.42 Å². The van der Waals surface area contributed by atoms with Crippen molar-refractivity contribution in [1.29, 1.82) is 0 Å². The first-order chi connectivity index (χ1) is 9.84. The molecule has 1 aliphatic rings. The van der Waals surface area contributed by atoms with Gasteiger partial charge in [-0.05, 0) is 26.0 Å². The van der Waals surface area contributed by atoms with Crippen LogP contribution in [0.4, 0.5) is 0 Å². The molecule has 21 heavy (non-hydrogen) atoms. The molecule has 0 radical (unpaired) electrons. The van der Waals surface area contributed by atoms with Gasteiger partial charge in [0.15, 0.2) is 0 Å². The van der Waals surface area contributed by atoms with Crippen molar-refractivity contribution in [2.75, 3.05) is 26.2 Å². The summed E-state index contributed by atoms with van der Waals surface area (Å²) < 4.78 is 27.0. The number of piperazine rings is 1. The van der Waals surface area contributed by atoms with E-state index in [1.54, 1.807) is 6.07 Å². The van der Waals surface area contributed by atoms with Gasteiger partial charge in [0.1, 0.15) is 15.6 Å². The van der Waals surface area contributed by atoms with Crippen molar-refractivity contribution in [3.63, 3.8) is 0 Å². The number of pyridine rings is 1. The number of thiocarbonyl (C=S) groups is 1. The Bertz CT molecular complexity index is 623. The molecule has 0 spiro atoms. The lowest BCUT2D eigenvalue weighted by Crippen LogP contribution is -2.50. The second kappa shape index (κ2) is 6.35. The van der Waals surface area contributed by atoms with Crippen LogP contribution in [0, 0.1) is 0 Å². The van der Waals surface area contributed by atoms with E-state index in [9.17, 15) is 8.42 Å². The van der Waals surface area contributed by atoms with Gasteiger partial charge < -0.3 is 5.73 Å². The normalized spacial score (nSPS) is 18.0. The average molecular weight is 328 g/mol. The van der Waals surface area contributed by atoms with Gasteiger partial charge in [-0.2, -0.15) is 4.31 Å². The van der Waals surface area contributed by atoms with Crippen molar-refractivity contribution in [3.8, 4) is 0 Å².